The van der Waals surface area contributed by atoms with Gasteiger partial charge in [-0.05, 0) is 44.5 Å². The van der Waals surface area contributed by atoms with Crippen LogP contribution in [0.5, 0.6) is 0 Å². The number of hydrogen-bond donors (Lipinski definition) is 1. The summed E-state index contributed by atoms with van der Waals surface area (Å²) in [6.45, 7) is 6.04. The van der Waals surface area contributed by atoms with Crippen LogP contribution in [0, 0.1) is 6.92 Å². The van der Waals surface area contributed by atoms with E-state index in [-0.39, 0.29) is 18.2 Å². The molecule has 23 heavy (non-hydrogen) atoms. The first-order valence-electron chi connectivity index (χ1n) is 7.71. The quantitative estimate of drug-likeness (QED) is 0.809. The van der Waals surface area contributed by atoms with Gasteiger partial charge in [0.1, 0.15) is 5.82 Å². The first-order chi connectivity index (χ1) is 10.9. The van der Waals surface area contributed by atoms with E-state index in [1.165, 1.54) is 0 Å². The number of aliphatic hydroxyl groups is 1. The van der Waals surface area contributed by atoms with E-state index in [0.717, 1.165) is 28.0 Å². The van der Waals surface area contributed by atoms with Gasteiger partial charge >= 0.3 is 0 Å². The fourth-order valence-corrected chi connectivity index (χ4v) is 2.97. The van der Waals surface area contributed by atoms with Crippen molar-refractivity contribution >= 4 is 11.0 Å². The standard InChI is InChI=1S/C18H21N3O2/c1-11(2)21-16-6-5-13(10-22)8-15(16)19-17(21)14-7-12(3)18(23)20(4)9-14/h5-9,11,22H,10H2,1-4H3. The maximum absolute atomic E-state index is 11.9. The molecule has 3 aromatic rings. The van der Waals surface area contributed by atoms with E-state index in [1.54, 1.807) is 11.6 Å². The van der Waals surface area contributed by atoms with E-state index in [0.29, 0.717) is 5.56 Å². The van der Waals surface area contributed by atoms with E-state index in [1.807, 2.05) is 37.4 Å². The second kappa shape index (κ2) is 5.66. The van der Waals surface area contributed by atoms with Crippen molar-refractivity contribution in [2.45, 2.75) is 33.4 Å². The average molecular weight is 311 g/mol. The molecule has 3 rings (SSSR count). The van der Waals surface area contributed by atoms with Crippen LogP contribution in [0.15, 0.2) is 35.3 Å². The Labute approximate surface area is 134 Å². The van der Waals surface area contributed by atoms with Gasteiger partial charge in [-0.1, -0.05) is 6.07 Å². The van der Waals surface area contributed by atoms with Crippen molar-refractivity contribution in [3.63, 3.8) is 0 Å². The molecule has 2 aromatic heterocycles. The Kier molecular flexibility index (Phi) is 3.82. The summed E-state index contributed by atoms with van der Waals surface area (Å²) in [5.41, 5.74) is 4.34. The second-order valence-corrected chi connectivity index (χ2v) is 6.21. The SMILES string of the molecule is Cc1cc(-c2nc3cc(CO)ccc3n2C(C)C)cn(C)c1=O. The molecule has 120 valence electrons. The van der Waals surface area contributed by atoms with E-state index < -0.39 is 0 Å². The number of hydrogen-bond acceptors (Lipinski definition) is 3. The van der Waals surface area contributed by atoms with Crippen molar-refractivity contribution in [1.82, 2.24) is 14.1 Å². The minimum absolute atomic E-state index is 0.00123. The molecule has 1 aromatic carbocycles. The highest BCUT2D eigenvalue weighted by molar-refractivity contribution is 5.81. The Hall–Kier alpha value is -2.40. The number of benzene rings is 1. The van der Waals surface area contributed by atoms with Crippen LogP contribution in [0.2, 0.25) is 0 Å². The molecule has 0 aliphatic rings. The summed E-state index contributed by atoms with van der Waals surface area (Å²) < 4.78 is 3.75. The van der Waals surface area contributed by atoms with Crippen LogP contribution in [-0.4, -0.2) is 19.2 Å². The Morgan fingerprint density at radius 1 is 1.26 bits per heavy atom. The maximum Gasteiger partial charge on any atom is 0.253 e. The van der Waals surface area contributed by atoms with E-state index in [9.17, 15) is 9.90 Å². The lowest BCUT2D eigenvalue weighted by molar-refractivity contribution is 0.282. The highest BCUT2D eigenvalue weighted by atomic mass is 16.3. The first-order valence-corrected chi connectivity index (χ1v) is 7.71. The van der Waals surface area contributed by atoms with E-state index in [2.05, 4.69) is 18.4 Å². The molecular weight excluding hydrogens is 290 g/mol. The predicted molar refractivity (Wildman–Crippen MR) is 91.5 cm³/mol. The van der Waals surface area contributed by atoms with Crippen molar-refractivity contribution in [3.05, 3.63) is 51.9 Å². The molecule has 0 fully saturated rings. The van der Waals surface area contributed by atoms with Gasteiger partial charge in [-0.3, -0.25) is 4.79 Å². The lowest BCUT2D eigenvalue weighted by Gasteiger charge is -2.14. The summed E-state index contributed by atoms with van der Waals surface area (Å²) in [4.78, 5) is 16.7. The second-order valence-electron chi connectivity index (χ2n) is 6.21. The molecule has 2 heterocycles. The third-order valence-corrected chi connectivity index (χ3v) is 4.07. The zero-order chi connectivity index (χ0) is 16.7. The predicted octanol–water partition coefficient (Wildman–Crippen LogP) is 2.78. The summed E-state index contributed by atoms with van der Waals surface area (Å²) >= 11 is 0. The van der Waals surface area contributed by atoms with Gasteiger partial charge < -0.3 is 14.2 Å². The first kappa shape index (κ1) is 15.5. The zero-order valence-corrected chi connectivity index (χ0v) is 13.9. The Morgan fingerprint density at radius 3 is 2.61 bits per heavy atom. The van der Waals surface area contributed by atoms with Crippen LogP contribution in [0.3, 0.4) is 0 Å². The normalized spacial score (nSPS) is 11.6. The van der Waals surface area contributed by atoms with Gasteiger partial charge in [-0.2, -0.15) is 0 Å². The van der Waals surface area contributed by atoms with Crippen LogP contribution < -0.4 is 5.56 Å². The summed E-state index contributed by atoms with van der Waals surface area (Å²) in [7, 11) is 1.76. The summed E-state index contributed by atoms with van der Waals surface area (Å²) in [5.74, 6) is 0.837. The van der Waals surface area contributed by atoms with Crippen LogP contribution in [-0.2, 0) is 13.7 Å². The lowest BCUT2D eigenvalue weighted by Crippen LogP contribution is -2.19. The Morgan fingerprint density at radius 2 is 2.00 bits per heavy atom. The van der Waals surface area contributed by atoms with Crippen molar-refractivity contribution in [1.29, 1.82) is 0 Å². The smallest absolute Gasteiger partial charge is 0.253 e. The van der Waals surface area contributed by atoms with Crippen LogP contribution in [0.1, 0.15) is 31.0 Å². The Balaban J connectivity index is 2.32. The molecule has 1 N–H and O–H groups in total. The molecule has 0 saturated carbocycles. The molecule has 0 aliphatic carbocycles. The summed E-state index contributed by atoms with van der Waals surface area (Å²) in [5, 5.41) is 9.33. The lowest BCUT2D eigenvalue weighted by atomic mass is 10.2. The van der Waals surface area contributed by atoms with Gasteiger partial charge in [0.05, 0.1) is 17.6 Å². The monoisotopic (exact) mass is 311 g/mol. The number of aryl methyl sites for hydroxylation is 2. The van der Waals surface area contributed by atoms with Gasteiger partial charge in [-0.25, -0.2) is 4.98 Å². The molecule has 5 nitrogen and oxygen atoms in total. The third-order valence-electron chi connectivity index (χ3n) is 4.07. The molecule has 0 radical (unpaired) electrons. The third kappa shape index (κ3) is 2.57. The molecule has 0 amide bonds. The molecule has 0 saturated heterocycles. The van der Waals surface area contributed by atoms with E-state index in [4.69, 9.17) is 4.98 Å². The molecule has 5 heteroatoms. The Bertz CT molecular complexity index is 909. The highest BCUT2D eigenvalue weighted by Crippen LogP contribution is 2.28. The molecule has 0 atom stereocenters. The van der Waals surface area contributed by atoms with E-state index >= 15 is 0 Å². The van der Waals surface area contributed by atoms with Gasteiger partial charge in [0.2, 0.25) is 0 Å². The van der Waals surface area contributed by atoms with Gasteiger partial charge in [0.15, 0.2) is 0 Å². The van der Waals surface area contributed by atoms with Crippen molar-refractivity contribution in [2.24, 2.45) is 7.05 Å². The van der Waals surface area contributed by atoms with Crippen molar-refractivity contribution in [2.75, 3.05) is 0 Å². The molecule has 0 unspecified atom stereocenters. The van der Waals surface area contributed by atoms with Crippen LogP contribution in [0.25, 0.3) is 22.4 Å². The molecule has 0 aliphatic heterocycles. The number of pyridine rings is 1. The zero-order valence-electron chi connectivity index (χ0n) is 13.9. The fraction of sp³-hybridized carbons (Fsp3) is 0.333. The number of fused-ring (bicyclic) bond motifs is 1. The molecular formula is C18H21N3O2. The molecule has 0 bridgehead atoms. The highest BCUT2D eigenvalue weighted by Gasteiger charge is 2.16. The minimum Gasteiger partial charge on any atom is -0.392 e. The number of aromatic nitrogens is 3. The van der Waals surface area contributed by atoms with Crippen LogP contribution >= 0.6 is 0 Å². The molecule has 0 spiro atoms. The average Bonchev–Trinajstić information content (AvgIpc) is 2.90. The largest absolute Gasteiger partial charge is 0.392 e. The van der Waals surface area contributed by atoms with Gasteiger partial charge in [0.25, 0.3) is 5.56 Å². The summed E-state index contributed by atoms with van der Waals surface area (Å²) in [6.07, 6.45) is 1.82. The van der Waals surface area contributed by atoms with Crippen molar-refractivity contribution < 1.29 is 5.11 Å². The number of nitrogens with zero attached hydrogens (tertiary/aromatic N) is 3. The number of imidazole rings is 1. The number of aliphatic hydroxyl groups excluding tert-OH is 1. The fourth-order valence-electron chi connectivity index (χ4n) is 2.97. The topological polar surface area (TPSA) is 60.1 Å². The van der Waals surface area contributed by atoms with Gasteiger partial charge in [0, 0.05) is 30.4 Å². The van der Waals surface area contributed by atoms with Gasteiger partial charge in [-0.15, -0.1) is 0 Å². The minimum atomic E-state index is -0.00123. The summed E-state index contributed by atoms with van der Waals surface area (Å²) in [6, 6.07) is 7.93. The number of rotatable bonds is 3. The van der Waals surface area contributed by atoms with Crippen molar-refractivity contribution in [3.8, 4) is 11.4 Å². The van der Waals surface area contributed by atoms with Crippen LogP contribution in [0.4, 0.5) is 0 Å². The maximum atomic E-state index is 11.9.